The summed E-state index contributed by atoms with van der Waals surface area (Å²) in [5.74, 6) is -0.923. The SMILES string of the molecule is C.CCOC(=O)N(Cc1cccc(O[Si](C)(C)C(C)(C)C)c1)c1nc(OCCOCCO)nc(N)c1[N+](=O)[O-].CCOC(=O)N(Cc1cccc(O[Si](C)(C)C(C)(C)C)c1)c1nc(S(C)(=O)=O)nc(N)c1[N+](=O)[O-].OCCOCCO.[Y].[Y].[Y]. The van der Waals surface area contributed by atoms with E-state index in [1.807, 2.05) is 6.07 Å². The average Bonchev–Trinajstić information content (AvgIpc) is 3.35. The molecule has 28 nitrogen and oxygen atoms in total. The van der Waals surface area contributed by atoms with E-state index in [0.29, 0.717) is 35.8 Å². The monoisotopic (exact) mass is 1470 g/mol. The molecule has 34 heteroatoms. The second-order valence-corrected chi connectivity index (χ2v) is 31.6. The molecule has 84 heavy (non-hydrogen) atoms. The number of aliphatic hydroxyl groups is 3. The largest absolute Gasteiger partial charge is 0.543 e. The minimum Gasteiger partial charge on any atom is -0.543 e. The number of hydrogen-bond donors (Lipinski definition) is 5. The summed E-state index contributed by atoms with van der Waals surface area (Å²) < 4.78 is 62.3. The minimum absolute atomic E-state index is 0. The van der Waals surface area contributed by atoms with Gasteiger partial charge in [0.2, 0.25) is 49.7 Å². The number of aromatic nitrogens is 4. The maximum absolute atomic E-state index is 13.0. The van der Waals surface area contributed by atoms with Crippen LogP contribution in [0.2, 0.25) is 36.3 Å². The first-order chi connectivity index (χ1) is 37.2. The van der Waals surface area contributed by atoms with Gasteiger partial charge in [0.15, 0.2) is 0 Å². The van der Waals surface area contributed by atoms with Gasteiger partial charge in [-0.25, -0.2) is 18.0 Å². The maximum atomic E-state index is 13.0. The van der Waals surface area contributed by atoms with Crippen LogP contribution in [-0.2, 0) is 140 Å². The molecule has 2 heterocycles. The third-order valence-electron chi connectivity index (χ3n) is 11.9. The van der Waals surface area contributed by atoms with Crippen LogP contribution in [-0.4, -0.2) is 155 Å². The molecule has 2 aromatic heterocycles. The van der Waals surface area contributed by atoms with E-state index >= 15 is 0 Å². The van der Waals surface area contributed by atoms with Crippen molar-refractivity contribution >= 4 is 73.3 Å². The molecule has 2 aromatic carbocycles. The molecule has 0 atom stereocenters. The average molecular weight is 1470 g/mol. The zero-order valence-electron chi connectivity index (χ0n) is 49.4. The van der Waals surface area contributed by atoms with E-state index in [0.717, 1.165) is 16.1 Å². The zero-order chi connectivity index (χ0) is 60.8. The van der Waals surface area contributed by atoms with Crippen LogP contribution >= 0.6 is 0 Å². The first kappa shape index (κ1) is 84.6. The summed E-state index contributed by atoms with van der Waals surface area (Å²) in [6.45, 7) is 24.7. The van der Waals surface area contributed by atoms with Gasteiger partial charge in [-0.2, -0.15) is 19.9 Å². The third kappa shape index (κ3) is 27.2. The normalized spacial score (nSPS) is 11.1. The van der Waals surface area contributed by atoms with Crippen molar-refractivity contribution in [1.82, 2.24) is 19.9 Å². The number of hydrogen-bond acceptors (Lipinski definition) is 24. The minimum atomic E-state index is -3.99. The fourth-order valence-corrected chi connectivity index (χ4v) is 8.52. The molecule has 0 bridgehead atoms. The number of benzene rings is 2. The molecule has 0 fully saturated rings. The summed E-state index contributed by atoms with van der Waals surface area (Å²) in [6.07, 6.45) is -1.00. The number of nitrogens with zero attached hydrogens (tertiary/aromatic N) is 8. The number of carbonyl (C=O) groups is 2. The Labute approximate surface area is 569 Å². The Morgan fingerprint density at radius 1 is 0.631 bits per heavy atom. The number of sulfone groups is 1. The molecule has 0 saturated carbocycles. The van der Waals surface area contributed by atoms with Crippen molar-refractivity contribution in [2.75, 3.05) is 93.6 Å². The molecule has 0 spiro atoms. The van der Waals surface area contributed by atoms with E-state index in [1.165, 1.54) is 0 Å². The zero-order valence-corrected chi connectivity index (χ0v) is 60.8. The predicted octanol–water partition coefficient (Wildman–Crippen LogP) is 7.44. The van der Waals surface area contributed by atoms with Crippen LogP contribution in [0.1, 0.15) is 73.9 Å². The van der Waals surface area contributed by atoms with Crippen molar-refractivity contribution in [2.45, 2.75) is 117 Å². The van der Waals surface area contributed by atoms with Gasteiger partial charge in [0.1, 0.15) is 18.1 Å². The molecule has 2 amide bonds. The van der Waals surface area contributed by atoms with Crippen molar-refractivity contribution < 1.29 is 174 Å². The molecule has 0 saturated heterocycles. The fourth-order valence-electron chi connectivity index (χ4n) is 5.95. The molecular formula is C50H82N10O18SSi2Y3. The summed E-state index contributed by atoms with van der Waals surface area (Å²) in [4.78, 5) is 65.1. The van der Waals surface area contributed by atoms with Crippen LogP contribution in [0.4, 0.5) is 44.2 Å². The maximum Gasteiger partial charge on any atom is 0.415 e. The molecule has 4 aromatic rings. The molecular weight excluding hydrogens is 1380 g/mol. The van der Waals surface area contributed by atoms with E-state index < -0.39 is 82.5 Å². The standard InChI is InChI=1S/C24H37N5O8Si.C21H31N5O7SSi.C4H10O3.CH4.3Y/c1-7-35-23(31)28(16-17-9-8-10-18(15-17)37-38(5,6)24(2,3)4)21-19(29(32)33)20(25)26-22(27-21)36-14-13-34-12-11-30;1-8-32-20(27)25(18-16(26(28)29)17(22)23-19(24-18)34(5,30)31)13-14-10-9-11-15(12-14)33-35(6,7)21(2,3)4;5-1-3-7-4-2-6;;;;/h8-10,15,30H,7,11-14,16H2,1-6H3,(H2,25,26,27);9-12H,8,13H2,1-7H3,(H2,22,23,24);5-6H,1-4H2;1H4;;;. The predicted molar refractivity (Wildman–Crippen MR) is 309 cm³/mol. The summed E-state index contributed by atoms with van der Waals surface area (Å²) in [7, 11) is -8.30. The van der Waals surface area contributed by atoms with Crippen molar-refractivity contribution in [3.63, 3.8) is 0 Å². The molecule has 0 aliphatic carbocycles. The Hall–Kier alpha value is -3.56. The molecule has 7 N–H and O–H groups in total. The van der Waals surface area contributed by atoms with E-state index in [2.05, 4.69) is 92.4 Å². The second-order valence-electron chi connectivity index (χ2n) is 20.2. The molecule has 3 radical (unpaired) electrons. The number of nitrogen functional groups attached to an aromatic ring is 2. The van der Waals surface area contributed by atoms with Gasteiger partial charge in [0.05, 0.1) is 82.4 Å². The van der Waals surface area contributed by atoms with Crippen LogP contribution in [0.3, 0.4) is 0 Å². The number of carbonyl (C=O) groups excluding carboxylic acids is 2. The number of rotatable bonds is 25. The third-order valence-corrected chi connectivity index (χ3v) is 21.5. The Morgan fingerprint density at radius 3 is 1.35 bits per heavy atom. The molecule has 0 unspecified atom stereocenters. The van der Waals surface area contributed by atoms with Crippen LogP contribution in [0.25, 0.3) is 0 Å². The van der Waals surface area contributed by atoms with Gasteiger partial charge in [0.25, 0.3) is 5.16 Å². The summed E-state index contributed by atoms with van der Waals surface area (Å²) >= 11 is 0. The van der Waals surface area contributed by atoms with Crippen molar-refractivity contribution in [2.24, 2.45) is 0 Å². The van der Waals surface area contributed by atoms with Crippen molar-refractivity contribution in [3.05, 3.63) is 79.9 Å². The summed E-state index contributed by atoms with van der Waals surface area (Å²) in [5.41, 5.74) is 11.3. The van der Waals surface area contributed by atoms with Crippen LogP contribution in [0.15, 0.2) is 53.7 Å². The topological polar surface area (TPSA) is 390 Å². The van der Waals surface area contributed by atoms with Crippen molar-refractivity contribution in [3.8, 4) is 17.5 Å². The quantitative estimate of drug-likeness (QED) is 0.0141. The molecule has 0 aliphatic rings. The van der Waals surface area contributed by atoms with Gasteiger partial charge in [0, 0.05) is 104 Å². The number of anilines is 4. The molecule has 463 valence electrons. The Balaban J connectivity index is -0.00000134. The number of amides is 2. The van der Waals surface area contributed by atoms with E-state index in [1.54, 1.807) is 56.3 Å². The fraction of sp³-hybridized carbons (Fsp3) is 0.560. The van der Waals surface area contributed by atoms with Crippen LogP contribution in [0.5, 0.6) is 17.5 Å². The smallest absolute Gasteiger partial charge is 0.415 e. The Kier molecular flexibility index (Phi) is 39.7. The van der Waals surface area contributed by atoms with Gasteiger partial charge in [-0.05, 0) is 85.5 Å². The van der Waals surface area contributed by atoms with Gasteiger partial charge in [-0.15, -0.1) is 0 Å². The summed E-state index contributed by atoms with van der Waals surface area (Å²) in [5, 5.41) is 47.8. The van der Waals surface area contributed by atoms with E-state index in [4.69, 9.17) is 54.6 Å². The van der Waals surface area contributed by atoms with Crippen molar-refractivity contribution in [1.29, 1.82) is 0 Å². The number of nitro groups is 2. The van der Waals surface area contributed by atoms with E-state index in [9.17, 15) is 38.2 Å². The number of ether oxygens (including phenoxy) is 5. The Morgan fingerprint density at radius 2 is 1.00 bits per heavy atom. The number of nitrogens with two attached hydrogens (primary N) is 2. The second kappa shape index (κ2) is 39.4. The van der Waals surface area contributed by atoms with Gasteiger partial charge >= 0.3 is 29.6 Å². The molecule has 0 aliphatic heterocycles. The summed E-state index contributed by atoms with van der Waals surface area (Å²) in [6, 6.07) is 13.8. The first-order valence-corrected chi connectivity index (χ1v) is 32.8. The van der Waals surface area contributed by atoms with E-state index in [-0.39, 0.29) is 193 Å². The van der Waals surface area contributed by atoms with Gasteiger partial charge in [-0.3, -0.25) is 30.0 Å². The number of aliphatic hydroxyl groups excluding tert-OH is 3. The van der Waals surface area contributed by atoms with Crippen LogP contribution < -0.4 is 34.9 Å². The Bertz CT molecular complexity index is 2820. The van der Waals surface area contributed by atoms with Gasteiger partial charge < -0.3 is 59.3 Å². The molecule has 4 rings (SSSR count). The van der Waals surface area contributed by atoms with Gasteiger partial charge in [-0.1, -0.05) is 73.2 Å². The first-order valence-electron chi connectivity index (χ1n) is 25.1. The van der Waals surface area contributed by atoms with Crippen LogP contribution in [0, 0.1) is 20.2 Å².